The van der Waals surface area contributed by atoms with Crippen molar-refractivity contribution in [1.82, 2.24) is 5.32 Å². The summed E-state index contributed by atoms with van der Waals surface area (Å²) in [5.41, 5.74) is 1.27. The average Bonchev–Trinajstić information content (AvgIpc) is 2.35. The molecule has 1 rings (SSSR count). The van der Waals surface area contributed by atoms with Crippen molar-refractivity contribution >= 4 is 17.5 Å². The number of carbonyl (C=O) groups excluding carboxylic acids is 2. The first-order valence-electron chi connectivity index (χ1n) is 5.73. The zero-order valence-electron chi connectivity index (χ0n) is 10.3. The average molecular weight is 244 g/mol. The van der Waals surface area contributed by atoms with Crippen LogP contribution in [0.1, 0.15) is 30.1 Å². The van der Waals surface area contributed by atoms with Gasteiger partial charge in [-0.25, -0.2) is 4.79 Å². The molecular formula is C14H16N2O2. The minimum atomic E-state index is -0.275. The molecule has 0 saturated carbocycles. The molecule has 0 aliphatic rings. The van der Waals surface area contributed by atoms with E-state index < -0.39 is 0 Å². The van der Waals surface area contributed by atoms with Crippen molar-refractivity contribution < 1.29 is 9.59 Å². The lowest BCUT2D eigenvalue weighted by Crippen LogP contribution is -2.29. The van der Waals surface area contributed by atoms with Gasteiger partial charge in [0.05, 0.1) is 0 Å². The van der Waals surface area contributed by atoms with E-state index in [2.05, 4.69) is 16.6 Å². The molecule has 18 heavy (non-hydrogen) atoms. The van der Waals surface area contributed by atoms with E-state index in [9.17, 15) is 9.59 Å². The number of unbranched alkanes of at least 4 members (excludes halogenated alkanes) is 1. The minimum Gasteiger partial charge on any atom is -0.338 e. The largest absolute Gasteiger partial charge is 0.338 e. The number of carbonyl (C=O) groups is 2. The van der Waals surface area contributed by atoms with Crippen molar-refractivity contribution in [3.8, 4) is 12.3 Å². The number of benzene rings is 1. The highest BCUT2D eigenvalue weighted by Crippen LogP contribution is 2.09. The number of urea groups is 1. The quantitative estimate of drug-likeness (QED) is 0.475. The van der Waals surface area contributed by atoms with E-state index in [1.54, 1.807) is 24.3 Å². The molecule has 0 radical (unpaired) electrons. The molecule has 2 amide bonds. The van der Waals surface area contributed by atoms with Gasteiger partial charge in [-0.3, -0.25) is 4.79 Å². The minimum absolute atomic E-state index is 0.000265. The maximum atomic E-state index is 11.5. The number of Topliss-reactive ketones (excluding diaryl/α,β-unsaturated/α-hetero) is 1. The molecule has 0 heterocycles. The zero-order valence-corrected chi connectivity index (χ0v) is 10.3. The van der Waals surface area contributed by atoms with E-state index in [-0.39, 0.29) is 11.8 Å². The van der Waals surface area contributed by atoms with E-state index in [1.807, 2.05) is 0 Å². The number of nitrogens with one attached hydrogen (secondary N) is 2. The molecule has 0 aliphatic carbocycles. The van der Waals surface area contributed by atoms with Crippen LogP contribution in [0.15, 0.2) is 24.3 Å². The van der Waals surface area contributed by atoms with Gasteiger partial charge in [0, 0.05) is 24.2 Å². The van der Waals surface area contributed by atoms with Gasteiger partial charge in [-0.2, -0.15) is 0 Å². The van der Waals surface area contributed by atoms with Crippen LogP contribution in [0.25, 0.3) is 0 Å². The predicted molar refractivity (Wildman–Crippen MR) is 71.5 cm³/mol. The van der Waals surface area contributed by atoms with E-state index >= 15 is 0 Å². The van der Waals surface area contributed by atoms with Crippen molar-refractivity contribution in [2.75, 3.05) is 11.9 Å². The SMILES string of the molecule is C#CCCCNC(=O)Nc1ccc(C(C)=O)cc1. The summed E-state index contributed by atoms with van der Waals surface area (Å²) in [6.07, 6.45) is 6.51. The normalized spacial score (nSPS) is 9.33. The maximum Gasteiger partial charge on any atom is 0.319 e. The Hall–Kier alpha value is -2.28. The Morgan fingerprint density at radius 1 is 1.28 bits per heavy atom. The molecule has 2 N–H and O–H groups in total. The molecule has 1 aromatic rings. The van der Waals surface area contributed by atoms with Gasteiger partial charge in [-0.15, -0.1) is 12.3 Å². The lowest BCUT2D eigenvalue weighted by Gasteiger charge is -2.07. The van der Waals surface area contributed by atoms with Crippen LogP contribution in [0.5, 0.6) is 0 Å². The third-order valence-corrected chi connectivity index (χ3v) is 2.33. The standard InChI is InChI=1S/C14H16N2O2/c1-3-4-5-10-15-14(18)16-13-8-6-12(7-9-13)11(2)17/h1,6-9H,4-5,10H2,2H3,(H2,15,16,18). The molecule has 0 fully saturated rings. The van der Waals surface area contributed by atoms with Gasteiger partial charge in [0.2, 0.25) is 0 Å². The highest BCUT2D eigenvalue weighted by molar-refractivity contribution is 5.95. The Balaban J connectivity index is 2.40. The van der Waals surface area contributed by atoms with Crippen molar-refractivity contribution in [2.45, 2.75) is 19.8 Å². The van der Waals surface area contributed by atoms with Crippen LogP contribution in [0.3, 0.4) is 0 Å². The van der Waals surface area contributed by atoms with E-state index in [1.165, 1.54) is 6.92 Å². The Labute approximate surface area is 107 Å². The lowest BCUT2D eigenvalue weighted by molar-refractivity contribution is 0.101. The summed E-state index contributed by atoms with van der Waals surface area (Å²) in [6.45, 7) is 2.04. The van der Waals surface area contributed by atoms with Crippen LogP contribution in [0.4, 0.5) is 10.5 Å². The van der Waals surface area contributed by atoms with Gasteiger partial charge < -0.3 is 10.6 Å². The van der Waals surface area contributed by atoms with Crippen LogP contribution in [0, 0.1) is 12.3 Å². The molecule has 1 aromatic carbocycles. The number of terminal acetylenes is 1. The Morgan fingerprint density at radius 3 is 2.50 bits per heavy atom. The molecule has 0 aliphatic heterocycles. The Kier molecular flexibility index (Phi) is 5.46. The fourth-order valence-electron chi connectivity index (χ4n) is 1.36. The predicted octanol–water partition coefficient (Wildman–Crippen LogP) is 2.42. The topological polar surface area (TPSA) is 58.2 Å². The fourth-order valence-corrected chi connectivity index (χ4v) is 1.36. The molecule has 0 aromatic heterocycles. The summed E-state index contributed by atoms with van der Waals surface area (Å²) in [7, 11) is 0. The van der Waals surface area contributed by atoms with E-state index in [0.29, 0.717) is 24.2 Å². The molecule has 0 atom stereocenters. The first kappa shape index (κ1) is 13.8. The van der Waals surface area contributed by atoms with E-state index in [0.717, 1.165) is 6.42 Å². The summed E-state index contributed by atoms with van der Waals surface area (Å²) >= 11 is 0. The highest BCUT2D eigenvalue weighted by atomic mass is 16.2. The molecule has 0 bridgehead atoms. The third kappa shape index (κ3) is 4.71. The maximum absolute atomic E-state index is 11.5. The lowest BCUT2D eigenvalue weighted by atomic mass is 10.1. The third-order valence-electron chi connectivity index (χ3n) is 2.33. The molecule has 0 saturated heterocycles. The summed E-state index contributed by atoms with van der Waals surface area (Å²) in [4.78, 5) is 22.5. The van der Waals surface area contributed by atoms with Gasteiger partial charge in [0.15, 0.2) is 5.78 Å². The number of ketones is 1. The number of hydrogen-bond donors (Lipinski definition) is 2. The van der Waals surface area contributed by atoms with Crippen LogP contribution >= 0.6 is 0 Å². The van der Waals surface area contributed by atoms with Gasteiger partial charge >= 0.3 is 6.03 Å². The van der Waals surface area contributed by atoms with Crippen molar-refractivity contribution in [1.29, 1.82) is 0 Å². The second-order valence-corrected chi connectivity index (χ2v) is 3.82. The molecule has 4 heteroatoms. The van der Waals surface area contributed by atoms with Gasteiger partial charge in [0.25, 0.3) is 0 Å². The molecular weight excluding hydrogens is 228 g/mol. The van der Waals surface area contributed by atoms with Gasteiger partial charge in [-0.05, 0) is 37.6 Å². The zero-order chi connectivity index (χ0) is 13.4. The smallest absolute Gasteiger partial charge is 0.319 e. The molecule has 4 nitrogen and oxygen atoms in total. The van der Waals surface area contributed by atoms with Crippen molar-refractivity contribution in [3.63, 3.8) is 0 Å². The summed E-state index contributed by atoms with van der Waals surface area (Å²) in [5, 5.41) is 5.36. The summed E-state index contributed by atoms with van der Waals surface area (Å²) in [5.74, 6) is 2.50. The molecule has 94 valence electrons. The second-order valence-electron chi connectivity index (χ2n) is 3.82. The second kappa shape index (κ2) is 7.13. The highest BCUT2D eigenvalue weighted by Gasteiger charge is 2.02. The monoisotopic (exact) mass is 244 g/mol. The molecule has 0 spiro atoms. The molecule has 0 unspecified atom stereocenters. The summed E-state index contributed by atoms with van der Waals surface area (Å²) in [6, 6.07) is 6.46. The number of rotatable bonds is 5. The van der Waals surface area contributed by atoms with Crippen molar-refractivity contribution in [2.24, 2.45) is 0 Å². The van der Waals surface area contributed by atoms with E-state index in [4.69, 9.17) is 6.42 Å². The summed E-state index contributed by atoms with van der Waals surface area (Å²) < 4.78 is 0. The first-order chi connectivity index (χ1) is 8.63. The number of hydrogen-bond acceptors (Lipinski definition) is 2. The Bertz CT molecular complexity index is 458. The van der Waals surface area contributed by atoms with Crippen LogP contribution in [-0.2, 0) is 0 Å². The fraction of sp³-hybridized carbons (Fsp3) is 0.286. The van der Waals surface area contributed by atoms with Crippen LogP contribution < -0.4 is 10.6 Å². The Morgan fingerprint density at radius 2 is 1.94 bits per heavy atom. The van der Waals surface area contributed by atoms with Gasteiger partial charge in [0.1, 0.15) is 0 Å². The van der Waals surface area contributed by atoms with Crippen LogP contribution in [-0.4, -0.2) is 18.4 Å². The number of amides is 2. The van der Waals surface area contributed by atoms with Gasteiger partial charge in [-0.1, -0.05) is 0 Å². The first-order valence-corrected chi connectivity index (χ1v) is 5.73. The van der Waals surface area contributed by atoms with Crippen LogP contribution in [0.2, 0.25) is 0 Å². The van der Waals surface area contributed by atoms with Crippen molar-refractivity contribution in [3.05, 3.63) is 29.8 Å². The number of anilines is 1.